The number of fused-ring (bicyclic) bond motifs is 1. The summed E-state index contributed by atoms with van der Waals surface area (Å²) >= 11 is 7.79. The first-order valence-electron chi connectivity index (χ1n) is 10.00. The molecular formula is C20H19ClN8O2S. The van der Waals surface area contributed by atoms with Gasteiger partial charge < -0.3 is 15.4 Å². The Balaban J connectivity index is 1.33. The fraction of sp³-hybridized carbons (Fsp3) is 0.300. The zero-order valence-corrected chi connectivity index (χ0v) is 18.7. The molecule has 4 aromatic heterocycles. The van der Waals surface area contributed by atoms with E-state index in [2.05, 4.69) is 35.8 Å². The number of nitrogens with one attached hydrogen (secondary N) is 2. The Morgan fingerprint density at radius 2 is 2.06 bits per heavy atom. The molecular weight excluding hydrogens is 452 g/mol. The van der Waals surface area contributed by atoms with Crippen LogP contribution in [0.3, 0.4) is 0 Å². The normalized spacial score (nSPS) is 13.4. The van der Waals surface area contributed by atoms with Crippen molar-refractivity contribution in [2.75, 3.05) is 17.2 Å². The third-order valence-corrected chi connectivity index (χ3v) is 6.03. The van der Waals surface area contributed by atoms with Gasteiger partial charge in [-0.05, 0) is 31.7 Å². The molecule has 0 aliphatic heterocycles. The molecule has 0 bridgehead atoms. The van der Waals surface area contributed by atoms with Crippen molar-refractivity contribution in [1.29, 1.82) is 0 Å². The topological polar surface area (TPSA) is 120 Å². The highest BCUT2D eigenvalue weighted by atomic mass is 35.5. The molecule has 1 aliphatic carbocycles. The van der Waals surface area contributed by atoms with Gasteiger partial charge in [-0.15, -0.1) is 4.80 Å². The molecule has 0 unspecified atom stereocenters. The molecule has 0 radical (unpaired) electrons. The zero-order chi connectivity index (χ0) is 22.1. The summed E-state index contributed by atoms with van der Waals surface area (Å²) < 4.78 is 5.89. The number of aryl methyl sites for hydroxylation is 1. The van der Waals surface area contributed by atoms with Gasteiger partial charge in [-0.1, -0.05) is 22.9 Å². The standard InChI is InChI=1S/C20H19ClN8O2S/c1-11-26-17-14(10-31-9-12-2-3-12)16(8-23-19(17)32-11)28-20(30)27-13-6-15(21)18(22-7-13)29-24-4-5-25-29/h4-8,12H,2-3,9-10H2,1H3,(H2,27,28,30). The van der Waals surface area contributed by atoms with Gasteiger partial charge in [-0.25, -0.2) is 19.7 Å². The summed E-state index contributed by atoms with van der Waals surface area (Å²) in [6.07, 6.45) is 8.58. The lowest BCUT2D eigenvalue weighted by Crippen LogP contribution is -2.21. The second kappa shape index (κ2) is 8.77. The van der Waals surface area contributed by atoms with Crippen LogP contribution in [0.5, 0.6) is 0 Å². The van der Waals surface area contributed by atoms with E-state index in [1.807, 2.05) is 6.92 Å². The average Bonchev–Trinajstić information content (AvgIpc) is 3.26. The molecule has 4 heterocycles. The van der Waals surface area contributed by atoms with Crippen LogP contribution in [0, 0.1) is 12.8 Å². The minimum absolute atomic E-state index is 0.300. The molecule has 5 rings (SSSR count). The summed E-state index contributed by atoms with van der Waals surface area (Å²) in [6.45, 7) is 2.99. The molecule has 164 valence electrons. The van der Waals surface area contributed by atoms with E-state index in [1.165, 1.54) is 47.6 Å². The molecule has 0 aromatic carbocycles. The van der Waals surface area contributed by atoms with E-state index in [0.29, 0.717) is 41.3 Å². The van der Waals surface area contributed by atoms with Gasteiger partial charge in [0.15, 0.2) is 5.82 Å². The molecule has 2 N–H and O–H groups in total. The Kier molecular flexibility index (Phi) is 5.68. The number of anilines is 2. The lowest BCUT2D eigenvalue weighted by molar-refractivity contribution is 0.112. The second-order valence-corrected chi connectivity index (χ2v) is 9.01. The molecule has 4 aromatic rings. The number of hydrogen-bond acceptors (Lipinski definition) is 8. The second-order valence-electron chi connectivity index (χ2n) is 7.42. The van der Waals surface area contributed by atoms with E-state index < -0.39 is 6.03 Å². The highest BCUT2D eigenvalue weighted by Crippen LogP contribution is 2.32. The van der Waals surface area contributed by atoms with Gasteiger partial charge >= 0.3 is 6.03 Å². The Hall–Kier alpha value is -3.15. The van der Waals surface area contributed by atoms with Crippen molar-refractivity contribution in [2.45, 2.75) is 26.4 Å². The van der Waals surface area contributed by atoms with Gasteiger partial charge in [0.05, 0.1) is 52.8 Å². The van der Waals surface area contributed by atoms with Gasteiger partial charge in [-0.3, -0.25) is 0 Å². The van der Waals surface area contributed by atoms with Gasteiger partial charge in [0.25, 0.3) is 0 Å². The molecule has 0 spiro atoms. The van der Waals surface area contributed by atoms with Crippen molar-refractivity contribution in [3.63, 3.8) is 0 Å². The number of hydrogen-bond donors (Lipinski definition) is 2. The van der Waals surface area contributed by atoms with E-state index in [0.717, 1.165) is 20.9 Å². The number of urea groups is 1. The number of pyridine rings is 2. The minimum atomic E-state index is -0.454. The predicted octanol–water partition coefficient (Wildman–Crippen LogP) is 4.20. The number of aromatic nitrogens is 6. The third-order valence-electron chi connectivity index (χ3n) is 4.87. The predicted molar refractivity (Wildman–Crippen MR) is 121 cm³/mol. The smallest absolute Gasteiger partial charge is 0.323 e. The maximum atomic E-state index is 12.7. The van der Waals surface area contributed by atoms with Crippen LogP contribution >= 0.6 is 22.9 Å². The van der Waals surface area contributed by atoms with Gasteiger partial charge in [0, 0.05) is 12.2 Å². The Labute approximate surface area is 192 Å². The number of thiazole rings is 1. The largest absolute Gasteiger partial charge is 0.376 e. The number of carbonyl (C=O) groups excluding carboxylic acids is 1. The van der Waals surface area contributed by atoms with Crippen LogP contribution in [-0.2, 0) is 11.3 Å². The number of amides is 2. The molecule has 0 atom stereocenters. The number of rotatable bonds is 7. The van der Waals surface area contributed by atoms with Gasteiger partial charge in [-0.2, -0.15) is 10.2 Å². The summed E-state index contributed by atoms with van der Waals surface area (Å²) in [5, 5.41) is 14.8. The van der Waals surface area contributed by atoms with Crippen molar-refractivity contribution >= 4 is 50.7 Å². The number of carbonyl (C=O) groups is 1. The quantitative estimate of drug-likeness (QED) is 0.415. The summed E-state index contributed by atoms with van der Waals surface area (Å²) in [5.41, 5.74) is 2.54. The maximum absolute atomic E-state index is 12.7. The first-order chi connectivity index (χ1) is 15.6. The van der Waals surface area contributed by atoms with Crippen LogP contribution in [-0.4, -0.2) is 42.6 Å². The Bertz CT molecular complexity index is 1270. The first-order valence-corrected chi connectivity index (χ1v) is 11.2. The molecule has 1 saturated carbocycles. The summed E-state index contributed by atoms with van der Waals surface area (Å²) in [6, 6.07) is 1.13. The molecule has 12 heteroatoms. The highest BCUT2D eigenvalue weighted by molar-refractivity contribution is 7.18. The van der Waals surface area contributed by atoms with Crippen LogP contribution in [0.2, 0.25) is 5.02 Å². The van der Waals surface area contributed by atoms with E-state index in [9.17, 15) is 4.79 Å². The Morgan fingerprint density at radius 1 is 1.25 bits per heavy atom. The summed E-state index contributed by atoms with van der Waals surface area (Å²) in [4.78, 5) is 28.1. The van der Waals surface area contributed by atoms with E-state index >= 15 is 0 Å². The van der Waals surface area contributed by atoms with Crippen LogP contribution in [0.1, 0.15) is 23.4 Å². The van der Waals surface area contributed by atoms with E-state index in [-0.39, 0.29) is 0 Å². The monoisotopic (exact) mass is 470 g/mol. The number of ether oxygens (including phenoxy) is 1. The van der Waals surface area contributed by atoms with Crippen LogP contribution in [0.15, 0.2) is 30.9 Å². The average molecular weight is 471 g/mol. The lowest BCUT2D eigenvalue weighted by atomic mass is 10.2. The van der Waals surface area contributed by atoms with Crippen LogP contribution in [0.25, 0.3) is 16.2 Å². The van der Waals surface area contributed by atoms with Crippen LogP contribution in [0.4, 0.5) is 16.2 Å². The van der Waals surface area contributed by atoms with Crippen molar-refractivity contribution in [3.8, 4) is 5.82 Å². The SMILES string of the molecule is Cc1nc2c(COCC3CC3)c(NC(=O)Nc3cnc(-n4nccn4)c(Cl)c3)cnc2s1. The Morgan fingerprint density at radius 3 is 2.81 bits per heavy atom. The highest BCUT2D eigenvalue weighted by Gasteiger charge is 2.22. The fourth-order valence-electron chi connectivity index (χ4n) is 3.15. The fourth-order valence-corrected chi connectivity index (χ4v) is 4.18. The molecule has 2 amide bonds. The third kappa shape index (κ3) is 4.54. The van der Waals surface area contributed by atoms with E-state index in [1.54, 1.807) is 12.3 Å². The lowest BCUT2D eigenvalue weighted by Gasteiger charge is -2.13. The van der Waals surface area contributed by atoms with Crippen LogP contribution < -0.4 is 10.6 Å². The van der Waals surface area contributed by atoms with Crippen molar-refractivity contribution in [2.24, 2.45) is 5.92 Å². The number of nitrogens with zero attached hydrogens (tertiary/aromatic N) is 6. The van der Waals surface area contributed by atoms with Gasteiger partial charge in [0.2, 0.25) is 0 Å². The molecule has 1 fully saturated rings. The molecule has 32 heavy (non-hydrogen) atoms. The molecule has 1 aliphatic rings. The maximum Gasteiger partial charge on any atom is 0.323 e. The summed E-state index contributed by atoms with van der Waals surface area (Å²) in [5.74, 6) is 1.01. The van der Waals surface area contributed by atoms with Crippen molar-refractivity contribution < 1.29 is 9.53 Å². The molecule has 0 saturated heterocycles. The summed E-state index contributed by atoms with van der Waals surface area (Å²) in [7, 11) is 0. The van der Waals surface area contributed by atoms with E-state index in [4.69, 9.17) is 16.3 Å². The van der Waals surface area contributed by atoms with Gasteiger partial charge in [0.1, 0.15) is 10.3 Å². The van der Waals surface area contributed by atoms with Crippen molar-refractivity contribution in [3.05, 3.63) is 46.4 Å². The van der Waals surface area contributed by atoms with Crippen molar-refractivity contribution in [1.82, 2.24) is 29.9 Å². The minimum Gasteiger partial charge on any atom is -0.376 e. The number of halogens is 1. The molecule has 10 nitrogen and oxygen atoms in total. The first kappa shape index (κ1) is 20.7. The zero-order valence-electron chi connectivity index (χ0n) is 17.1.